The van der Waals surface area contributed by atoms with Crippen molar-refractivity contribution < 1.29 is 18.8 Å². The largest absolute Gasteiger partial charge is 0.467 e. The van der Waals surface area contributed by atoms with Crippen molar-refractivity contribution in [2.45, 2.75) is 24.4 Å². The number of rotatable bonds is 5. The van der Waals surface area contributed by atoms with Crippen molar-refractivity contribution in [3.63, 3.8) is 0 Å². The molecule has 5 rings (SSSR count). The Bertz CT molecular complexity index is 1140. The molecule has 31 heavy (non-hydrogen) atoms. The topological polar surface area (TPSA) is 91.7 Å². The molecule has 0 saturated carbocycles. The first-order chi connectivity index (χ1) is 15.1. The van der Waals surface area contributed by atoms with Crippen molar-refractivity contribution in [3.8, 4) is 0 Å². The van der Waals surface area contributed by atoms with Gasteiger partial charge in [0, 0.05) is 0 Å². The number of nitrogens with zero attached hydrogens (tertiary/aromatic N) is 1. The molecule has 2 aromatic carbocycles. The van der Waals surface area contributed by atoms with Gasteiger partial charge in [-0.1, -0.05) is 54.6 Å². The summed E-state index contributed by atoms with van der Waals surface area (Å²) in [6.07, 6.45) is 2.74. The Morgan fingerprint density at radius 2 is 1.84 bits per heavy atom. The van der Waals surface area contributed by atoms with E-state index in [0.29, 0.717) is 18.6 Å². The number of amides is 4. The third-order valence-electron chi connectivity index (χ3n) is 5.99. The predicted octanol–water partition coefficient (Wildman–Crippen LogP) is 2.88. The van der Waals surface area contributed by atoms with Gasteiger partial charge in [-0.2, -0.15) is 0 Å². The number of nitrogens with one attached hydrogen (secondary N) is 2. The van der Waals surface area contributed by atoms with E-state index in [9.17, 15) is 14.4 Å². The highest BCUT2D eigenvalue weighted by Gasteiger charge is 2.55. The minimum Gasteiger partial charge on any atom is -0.467 e. The molecular weight excluding hydrogens is 394 g/mol. The highest BCUT2D eigenvalue weighted by atomic mass is 16.3. The number of fused-ring (bicyclic) bond motifs is 2. The van der Waals surface area contributed by atoms with Crippen molar-refractivity contribution in [2.75, 3.05) is 6.54 Å². The predicted molar refractivity (Wildman–Crippen MR) is 112 cm³/mol. The summed E-state index contributed by atoms with van der Waals surface area (Å²) in [4.78, 5) is 39.8. The van der Waals surface area contributed by atoms with Crippen LogP contribution < -0.4 is 10.6 Å². The van der Waals surface area contributed by atoms with Gasteiger partial charge in [-0.15, -0.1) is 0 Å². The quantitative estimate of drug-likeness (QED) is 0.627. The maximum atomic E-state index is 13.3. The van der Waals surface area contributed by atoms with E-state index >= 15 is 0 Å². The molecule has 0 bridgehead atoms. The molecule has 2 aliphatic rings. The summed E-state index contributed by atoms with van der Waals surface area (Å²) in [6.45, 7) is -0.362. The average molecular weight is 415 g/mol. The molecule has 156 valence electrons. The number of hydrogen-bond acceptors (Lipinski definition) is 4. The Balaban J connectivity index is 1.36. The summed E-state index contributed by atoms with van der Waals surface area (Å²) in [6, 6.07) is 19.4. The van der Waals surface area contributed by atoms with Gasteiger partial charge in [-0.05, 0) is 41.7 Å². The van der Waals surface area contributed by atoms with Crippen LogP contribution in [-0.4, -0.2) is 29.3 Å². The van der Waals surface area contributed by atoms with Gasteiger partial charge in [0.25, 0.3) is 5.91 Å². The smallest absolute Gasteiger partial charge is 0.325 e. The number of carbonyl (C=O) groups excluding carboxylic acids is 3. The van der Waals surface area contributed by atoms with Gasteiger partial charge < -0.3 is 15.1 Å². The zero-order chi connectivity index (χ0) is 21.4. The maximum Gasteiger partial charge on any atom is 0.325 e. The molecule has 2 heterocycles. The van der Waals surface area contributed by atoms with Gasteiger partial charge >= 0.3 is 6.03 Å². The van der Waals surface area contributed by atoms with E-state index in [0.717, 1.165) is 21.6 Å². The molecule has 1 spiro atoms. The van der Waals surface area contributed by atoms with Crippen LogP contribution in [0.5, 0.6) is 0 Å². The van der Waals surface area contributed by atoms with E-state index in [1.165, 1.54) is 6.26 Å². The van der Waals surface area contributed by atoms with E-state index in [-0.39, 0.29) is 12.5 Å². The number of furan rings is 1. The molecule has 7 heteroatoms. The van der Waals surface area contributed by atoms with Gasteiger partial charge in [0.05, 0.1) is 6.26 Å². The first-order valence-electron chi connectivity index (χ1n) is 10.2. The molecule has 1 aliphatic heterocycles. The highest BCUT2D eigenvalue weighted by molar-refractivity contribution is 6.10. The molecule has 2 atom stereocenters. The number of imide groups is 1. The van der Waals surface area contributed by atoms with Crippen LogP contribution >= 0.6 is 0 Å². The van der Waals surface area contributed by atoms with Gasteiger partial charge in [0.1, 0.15) is 23.9 Å². The van der Waals surface area contributed by atoms with Crippen LogP contribution in [-0.2, 0) is 21.5 Å². The minimum atomic E-state index is -1.08. The van der Waals surface area contributed by atoms with Crippen LogP contribution in [0.3, 0.4) is 0 Å². The van der Waals surface area contributed by atoms with Gasteiger partial charge in [0.15, 0.2) is 0 Å². The van der Waals surface area contributed by atoms with Crippen molar-refractivity contribution in [1.29, 1.82) is 0 Å². The zero-order valence-electron chi connectivity index (χ0n) is 16.7. The van der Waals surface area contributed by atoms with Crippen LogP contribution in [0.4, 0.5) is 4.79 Å². The zero-order valence-corrected chi connectivity index (χ0v) is 16.7. The summed E-state index contributed by atoms with van der Waals surface area (Å²) >= 11 is 0. The molecule has 1 aromatic heterocycles. The van der Waals surface area contributed by atoms with E-state index in [4.69, 9.17) is 4.42 Å². The molecule has 7 nitrogen and oxygen atoms in total. The molecule has 3 aromatic rings. The highest BCUT2D eigenvalue weighted by Crippen LogP contribution is 2.41. The van der Waals surface area contributed by atoms with Crippen molar-refractivity contribution in [2.24, 2.45) is 0 Å². The molecule has 2 unspecified atom stereocenters. The lowest BCUT2D eigenvalue weighted by Gasteiger charge is -2.22. The fraction of sp³-hybridized carbons (Fsp3) is 0.208. The van der Waals surface area contributed by atoms with E-state index in [2.05, 4.69) is 10.6 Å². The molecule has 4 amide bonds. The van der Waals surface area contributed by atoms with Gasteiger partial charge in [-0.25, -0.2) is 4.79 Å². The van der Waals surface area contributed by atoms with Crippen molar-refractivity contribution in [3.05, 3.63) is 95.4 Å². The Morgan fingerprint density at radius 3 is 2.61 bits per heavy atom. The van der Waals surface area contributed by atoms with E-state index in [1.807, 2.05) is 54.6 Å². The second-order valence-electron chi connectivity index (χ2n) is 7.81. The fourth-order valence-electron chi connectivity index (χ4n) is 4.50. The van der Waals surface area contributed by atoms with Crippen LogP contribution in [0.25, 0.3) is 0 Å². The van der Waals surface area contributed by atoms with Crippen LogP contribution in [0.1, 0.15) is 34.9 Å². The lowest BCUT2D eigenvalue weighted by molar-refractivity contribution is -0.135. The first-order valence-corrected chi connectivity index (χ1v) is 10.2. The Morgan fingerprint density at radius 1 is 1.06 bits per heavy atom. The lowest BCUT2D eigenvalue weighted by Crippen LogP contribution is -2.44. The summed E-state index contributed by atoms with van der Waals surface area (Å²) in [5, 5.41) is 5.74. The number of benzene rings is 2. The Hall–Kier alpha value is -3.87. The summed E-state index contributed by atoms with van der Waals surface area (Å²) in [5.41, 5.74) is 1.62. The summed E-state index contributed by atoms with van der Waals surface area (Å²) < 4.78 is 5.50. The molecule has 1 aliphatic carbocycles. The molecule has 1 saturated heterocycles. The Kier molecular flexibility index (Phi) is 4.58. The normalized spacial score (nSPS) is 20.6. The molecular formula is C24H21N3O4. The second kappa shape index (κ2) is 7.43. The third-order valence-corrected chi connectivity index (χ3v) is 5.99. The standard InChI is InChI=1S/C24H21N3O4/c28-20(25-21(19-11-6-14-31-19)17-8-2-1-3-9-17)15-27-22(29)24(26-23(27)30)13-12-16-7-4-5-10-18(16)24/h1-11,14,21H,12-13,15H2,(H,25,28)(H,26,30). The lowest BCUT2D eigenvalue weighted by atomic mass is 9.92. The minimum absolute atomic E-state index is 0.362. The van der Waals surface area contributed by atoms with Crippen LogP contribution in [0.15, 0.2) is 77.4 Å². The molecule has 1 fully saturated rings. The van der Waals surface area contributed by atoms with Crippen LogP contribution in [0.2, 0.25) is 0 Å². The Labute approximate surface area is 179 Å². The van der Waals surface area contributed by atoms with Crippen LogP contribution in [0, 0.1) is 0 Å². The number of carbonyl (C=O) groups is 3. The summed E-state index contributed by atoms with van der Waals surface area (Å²) in [7, 11) is 0. The number of urea groups is 1. The third kappa shape index (κ3) is 3.18. The van der Waals surface area contributed by atoms with E-state index in [1.54, 1.807) is 12.1 Å². The second-order valence-corrected chi connectivity index (χ2v) is 7.81. The van der Waals surface area contributed by atoms with Gasteiger partial charge in [-0.3, -0.25) is 14.5 Å². The average Bonchev–Trinajstić information content (AvgIpc) is 3.50. The van der Waals surface area contributed by atoms with Crippen molar-refractivity contribution >= 4 is 17.8 Å². The molecule has 2 N–H and O–H groups in total. The number of hydrogen-bond donors (Lipinski definition) is 2. The maximum absolute atomic E-state index is 13.3. The van der Waals surface area contributed by atoms with Gasteiger partial charge in [0.2, 0.25) is 5.91 Å². The van der Waals surface area contributed by atoms with E-state index < -0.39 is 23.5 Å². The monoisotopic (exact) mass is 415 g/mol. The first kappa shape index (κ1) is 19.1. The number of aryl methyl sites for hydroxylation is 1. The molecule has 0 radical (unpaired) electrons. The SMILES string of the molecule is O=C(CN1C(=O)NC2(CCc3ccccc32)C1=O)NC(c1ccccc1)c1ccco1. The van der Waals surface area contributed by atoms with Crippen molar-refractivity contribution in [1.82, 2.24) is 15.5 Å². The fourth-order valence-corrected chi connectivity index (χ4v) is 4.50. The summed E-state index contributed by atoms with van der Waals surface area (Å²) in [5.74, 6) is -0.262.